The normalized spacial score (nSPS) is 11.5. The molecule has 2 nitrogen and oxygen atoms in total. The molecule has 1 aromatic carbocycles. The maximum Gasteiger partial charge on any atom is 0.307 e. The summed E-state index contributed by atoms with van der Waals surface area (Å²) < 4.78 is 26.4. The molecule has 15 heavy (non-hydrogen) atoms. The van der Waals surface area contributed by atoms with Gasteiger partial charge in [-0.1, -0.05) is 12.1 Å². The van der Waals surface area contributed by atoms with Crippen LogP contribution in [0.4, 0.5) is 8.78 Å². The second-order valence-electron chi connectivity index (χ2n) is 3.08. The minimum atomic E-state index is -1.04. The van der Waals surface area contributed by atoms with Crippen molar-refractivity contribution in [2.45, 2.75) is 13.3 Å². The summed E-state index contributed by atoms with van der Waals surface area (Å²) in [7, 11) is 0. The van der Waals surface area contributed by atoms with Crippen molar-refractivity contribution in [3.05, 3.63) is 41.5 Å². The largest absolute Gasteiger partial charge is 0.481 e. The Kier molecular flexibility index (Phi) is 3.55. The summed E-state index contributed by atoms with van der Waals surface area (Å²) in [4.78, 5) is 10.3. The Morgan fingerprint density at radius 3 is 2.40 bits per heavy atom. The summed E-state index contributed by atoms with van der Waals surface area (Å²) in [5.74, 6) is -2.41. The Balaban J connectivity index is 3.05. The first-order valence-electron chi connectivity index (χ1n) is 4.35. The van der Waals surface area contributed by atoms with Gasteiger partial charge in [-0.15, -0.1) is 0 Å². The summed E-state index contributed by atoms with van der Waals surface area (Å²) in [5, 5.41) is 8.42. The molecule has 0 saturated heterocycles. The van der Waals surface area contributed by atoms with Gasteiger partial charge in [-0.25, -0.2) is 8.78 Å². The van der Waals surface area contributed by atoms with E-state index in [1.165, 1.54) is 19.1 Å². The molecule has 0 aromatic heterocycles. The van der Waals surface area contributed by atoms with Crippen LogP contribution in [0.5, 0.6) is 0 Å². The third kappa shape index (κ3) is 2.87. The van der Waals surface area contributed by atoms with Crippen molar-refractivity contribution in [3.63, 3.8) is 0 Å². The first-order valence-corrected chi connectivity index (χ1v) is 4.35. The highest BCUT2D eigenvalue weighted by atomic mass is 19.1. The third-order valence-corrected chi connectivity index (χ3v) is 1.94. The lowest BCUT2D eigenvalue weighted by atomic mass is 10.1. The van der Waals surface area contributed by atoms with Crippen LogP contribution in [-0.2, 0) is 4.79 Å². The zero-order chi connectivity index (χ0) is 11.4. The van der Waals surface area contributed by atoms with Crippen LogP contribution >= 0.6 is 0 Å². The van der Waals surface area contributed by atoms with Gasteiger partial charge in [0.25, 0.3) is 0 Å². The molecule has 0 saturated carbocycles. The van der Waals surface area contributed by atoms with Gasteiger partial charge in [0.05, 0.1) is 6.42 Å². The molecular weight excluding hydrogens is 202 g/mol. The summed E-state index contributed by atoms with van der Waals surface area (Å²) in [6, 6.07) is 3.53. The van der Waals surface area contributed by atoms with Crippen molar-refractivity contribution in [2.75, 3.05) is 0 Å². The predicted molar refractivity (Wildman–Crippen MR) is 52.3 cm³/mol. The Bertz CT molecular complexity index is 391. The fourth-order valence-corrected chi connectivity index (χ4v) is 1.22. The summed E-state index contributed by atoms with van der Waals surface area (Å²) in [6.07, 6.45) is 1.03. The molecule has 1 N–H and O–H groups in total. The fourth-order valence-electron chi connectivity index (χ4n) is 1.22. The van der Waals surface area contributed by atoms with Crippen LogP contribution < -0.4 is 0 Å². The van der Waals surface area contributed by atoms with Crippen LogP contribution in [0.1, 0.15) is 18.9 Å². The quantitative estimate of drug-likeness (QED) is 0.836. The standard InChI is InChI=1S/C11H10F2O2/c1-7(5-6-10(14)15)11-8(12)3-2-4-9(11)13/h2-5H,6H2,1H3,(H,14,15)/b7-5+. The van der Waals surface area contributed by atoms with E-state index in [2.05, 4.69) is 0 Å². The van der Waals surface area contributed by atoms with Gasteiger partial charge < -0.3 is 5.11 Å². The molecule has 80 valence electrons. The van der Waals surface area contributed by atoms with Crippen LogP contribution in [0.15, 0.2) is 24.3 Å². The molecule has 0 spiro atoms. The molecule has 1 aromatic rings. The molecule has 0 bridgehead atoms. The van der Waals surface area contributed by atoms with Crippen LogP contribution in [0, 0.1) is 11.6 Å². The van der Waals surface area contributed by atoms with Crippen LogP contribution in [0.3, 0.4) is 0 Å². The average molecular weight is 212 g/mol. The molecule has 0 fully saturated rings. The molecular formula is C11H10F2O2. The van der Waals surface area contributed by atoms with E-state index in [0.717, 1.165) is 12.1 Å². The fraction of sp³-hybridized carbons (Fsp3) is 0.182. The second-order valence-corrected chi connectivity index (χ2v) is 3.08. The van der Waals surface area contributed by atoms with Crippen molar-refractivity contribution in [3.8, 4) is 0 Å². The van der Waals surface area contributed by atoms with Crippen molar-refractivity contribution in [1.82, 2.24) is 0 Å². The van der Waals surface area contributed by atoms with Crippen molar-refractivity contribution < 1.29 is 18.7 Å². The third-order valence-electron chi connectivity index (χ3n) is 1.94. The number of allylic oxidation sites excluding steroid dienone is 1. The van der Waals surface area contributed by atoms with Gasteiger partial charge in [0, 0.05) is 5.56 Å². The smallest absolute Gasteiger partial charge is 0.307 e. The van der Waals surface area contributed by atoms with Gasteiger partial charge >= 0.3 is 5.97 Å². The van der Waals surface area contributed by atoms with E-state index in [9.17, 15) is 13.6 Å². The number of benzene rings is 1. The summed E-state index contributed by atoms with van der Waals surface area (Å²) >= 11 is 0. The minimum absolute atomic E-state index is 0.168. The molecule has 0 aliphatic rings. The van der Waals surface area contributed by atoms with Gasteiger partial charge in [0.2, 0.25) is 0 Å². The highest BCUT2D eigenvalue weighted by molar-refractivity contribution is 5.73. The molecule has 0 aliphatic carbocycles. The molecule has 1 rings (SSSR count). The van der Waals surface area contributed by atoms with Crippen molar-refractivity contribution >= 4 is 11.5 Å². The number of carboxylic acids is 1. The number of rotatable bonds is 3. The molecule has 0 unspecified atom stereocenters. The van der Waals surface area contributed by atoms with Gasteiger partial charge in [-0.05, 0) is 24.6 Å². The van der Waals surface area contributed by atoms with E-state index in [4.69, 9.17) is 5.11 Å². The molecule has 4 heteroatoms. The Morgan fingerprint density at radius 1 is 1.40 bits per heavy atom. The first-order chi connectivity index (χ1) is 7.02. The molecule has 0 atom stereocenters. The Hall–Kier alpha value is -1.71. The van der Waals surface area contributed by atoms with E-state index in [-0.39, 0.29) is 17.6 Å². The van der Waals surface area contributed by atoms with Crippen molar-refractivity contribution in [2.24, 2.45) is 0 Å². The minimum Gasteiger partial charge on any atom is -0.481 e. The summed E-state index contributed by atoms with van der Waals surface area (Å²) in [6.45, 7) is 1.48. The topological polar surface area (TPSA) is 37.3 Å². The molecule has 0 aliphatic heterocycles. The van der Waals surface area contributed by atoms with E-state index >= 15 is 0 Å². The maximum absolute atomic E-state index is 13.2. The van der Waals surface area contributed by atoms with Crippen LogP contribution in [0.2, 0.25) is 0 Å². The Labute approximate surface area is 85.9 Å². The van der Waals surface area contributed by atoms with Gasteiger partial charge in [0.15, 0.2) is 0 Å². The van der Waals surface area contributed by atoms with Crippen LogP contribution in [-0.4, -0.2) is 11.1 Å². The van der Waals surface area contributed by atoms with Gasteiger partial charge in [-0.2, -0.15) is 0 Å². The second kappa shape index (κ2) is 4.68. The number of aliphatic carboxylic acids is 1. The molecule has 0 amide bonds. The zero-order valence-electron chi connectivity index (χ0n) is 8.13. The number of halogens is 2. The number of carboxylic acid groups (broad SMARTS) is 1. The van der Waals surface area contributed by atoms with E-state index in [1.807, 2.05) is 0 Å². The summed E-state index contributed by atoms with van der Waals surface area (Å²) in [5.41, 5.74) is 0.117. The lowest BCUT2D eigenvalue weighted by molar-refractivity contribution is -0.135. The predicted octanol–water partition coefficient (Wildman–Crippen LogP) is 2.84. The molecule has 0 radical (unpaired) electrons. The highest BCUT2D eigenvalue weighted by Crippen LogP contribution is 2.21. The number of carbonyl (C=O) groups is 1. The lowest BCUT2D eigenvalue weighted by Gasteiger charge is -2.04. The Morgan fingerprint density at radius 2 is 1.93 bits per heavy atom. The zero-order valence-corrected chi connectivity index (χ0v) is 8.13. The van der Waals surface area contributed by atoms with E-state index < -0.39 is 17.6 Å². The first kappa shape index (κ1) is 11.4. The highest BCUT2D eigenvalue weighted by Gasteiger charge is 2.09. The monoisotopic (exact) mass is 212 g/mol. The molecule has 0 heterocycles. The van der Waals surface area contributed by atoms with Gasteiger partial charge in [-0.3, -0.25) is 4.79 Å². The van der Waals surface area contributed by atoms with Gasteiger partial charge in [0.1, 0.15) is 11.6 Å². The lowest BCUT2D eigenvalue weighted by Crippen LogP contribution is -1.95. The van der Waals surface area contributed by atoms with E-state index in [1.54, 1.807) is 0 Å². The number of hydrogen-bond acceptors (Lipinski definition) is 1. The van der Waals surface area contributed by atoms with Crippen LogP contribution in [0.25, 0.3) is 5.57 Å². The maximum atomic E-state index is 13.2. The van der Waals surface area contributed by atoms with Crippen molar-refractivity contribution in [1.29, 1.82) is 0 Å². The average Bonchev–Trinajstić information content (AvgIpc) is 2.14. The SMILES string of the molecule is C/C(=C\CC(=O)O)c1c(F)cccc1F. The van der Waals surface area contributed by atoms with E-state index in [0.29, 0.717) is 0 Å². The number of hydrogen-bond donors (Lipinski definition) is 1.